The monoisotopic (exact) mass is 458 g/mol. The van der Waals surface area contributed by atoms with E-state index in [0.717, 1.165) is 56.0 Å². The highest BCUT2D eigenvalue weighted by Gasteiger charge is 2.31. The van der Waals surface area contributed by atoms with Crippen LogP contribution in [0.4, 0.5) is 18.9 Å². The number of anilines is 1. The minimum absolute atomic E-state index is 0.206. The highest BCUT2D eigenvalue weighted by Crippen LogP contribution is 2.36. The number of hydrogen-bond acceptors (Lipinski definition) is 3. The van der Waals surface area contributed by atoms with Crippen LogP contribution in [0.25, 0.3) is 11.3 Å². The second-order valence-corrected chi connectivity index (χ2v) is 9.55. The fraction of sp³-hybridized carbons (Fsp3) is 0.556. The number of Topliss-reactive ketones (excluding diaryl/α,β-unsaturated/α-hetero) is 1. The number of alkyl halides is 3. The Morgan fingerprint density at radius 2 is 1.82 bits per heavy atom. The van der Waals surface area contributed by atoms with Gasteiger partial charge in [0, 0.05) is 18.5 Å². The summed E-state index contributed by atoms with van der Waals surface area (Å²) < 4.78 is 39.5. The molecule has 1 unspecified atom stereocenters. The first-order valence-electron chi connectivity index (χ1n) is 12.4. The van der Waals surface area contributed by atoms with Crippen molar-refractivity contribution < 1.29 is 18.0 Å². The van der Waals surface area contributed by atoms with Gasteiger partial charge in [-0.1, -0.05) is 57.1 Å². The van der Waals surface area contributed by atoms with E-state index >= 15 is 0 Å². The third-order valence-electron chi connectivity index (χ3n) is 7.12. The number of nitrogens with one attached hydrogen (secondary N) is 1. The van der Waals surface area contributed by atoms with E-state index in [-0.39, 0.29) is 11.7 Å². The highest BCUT2D eigenvalue weighted by atomic mass is 19.4. The van der Waals surface area contributed by atoms with E-state index in [1.165, 1.54) is 44.6 Å². The van der Waals surface area contributed by atoms with Crippen LogP contribution in [0.1, 0.15) is 87.8 Å². The lowest BCUT2D eigenvalue weighted by Crippen LogP contribution is -2.15. The maximum atomic E-state index is 13.2. The molecular weight excluding hydrogens is 425 g/mol. The molecule has 6 heteroatoms. The predicted molar refractivity (Wildman–Crippen MR) is 125 cm³/mol. The van der Waals surface area contributed by atoms with E-state index < -0.39 is 11.7 Å². The number of benzene rings is 1. The van der Waals surface area contributed by atoms with Crippen molar-refractivity contribution in [2.24, 2.45) is 5.92 Å². The van der Waals surface area contributed by atoms with Crippen LogP contribution in [0, 0.1) is 5.92 Å². The lowest BCUT2D eigenvalue weighted by Gasteiger charge is -2.21. The van der Waals surface area contributed by atoms with Gasteiger partial charge in [-0.05, 0) is 49.4 Å². The van der Waals surface area contributed by atoms with Crippen molar-refractivity contribution >= 4 is 11.5 Å². The van der Waals surface area contributed by atoms with Gasteiger partial charge in [0.15, 0.2) is 0 Å². The van der Waals surface area contributed by atoms with Crippen molar-refractivity contribution in [2.45, 2.75) is 82.7 Å². The molecular formula is C27H33F3N2O. The Morgan fingerprint density at radius 3 is 2.61 bits per heavy atom. The summed E-state index contributed by atoms with van der Waals surface area (Å²) in [5, 5.41) is 3.34. The predicted octanol–water partition coefficient (Wildman–Crippen LogP) is 7.77. The number of carbonyl (C=O) groups is 1. The molecule has 1 aliphatic heterocycles. The Morgan fingerprint density at radius 1 is 1.00 bits per heavy atom. The number of pyridine rings is 1. The van der Waals surface area contributed by atoms with E-state index in [1.807, 2.05) is 6.07 Å². The Labute approximate surface area is 194 Å². The van der Waals surface area contributed by atoms with E-state index in [0.29, 0.717) is 23.4 Å². The molecule has 0 bridgehead atoms. The van der Waals surface area contributed by atoms with Crippen LogP contribution in [0.3, 0.4) is 0 Å². The molecule has 0 amide bonds. The van der Waals surface area contributed by atoms with Crippen LogP contribution in [-0.4, -0.2) is 17.3 Å². The van der Waals surface area contributed by atoms with Crippen LogP contribution in [0.5, 0.6) is 0 Å². The molecule has 2 aliphatic rings. The molecule has 4 rings (SSSR count). The Hall–Kier alpha value is -2.37. The van der Waals surface area contributed by atoms with Gasteiger partial charge in [0.25, 0.3) is 0 Å². The highest BCUT2D eigenvalue weighted by molar-refractivity contribution is 5.87. The zero-order chi connectivity index (χ0) is 23.3. The second-order valence-electron chi connectivity index (χ2n) is 9.55. The smallest absolute Gasteiger partial charge is 0.384 e. The van der Waals surface area contributed by atoms with E-state index in [2.05, 4.69) is 5.32 Å². The molecule has 1 fully saturated rings. The summed E-state index contributed by atoms with van der Waals surface area (Å²) in [6, 6.07) is 8.81. The normalized spacial score (nSPS) is 19.4. The molecule has 1 aliphatic carbocycles. The number of unbranched alkanes of at least 4 members (excludes halogenated alkanes) is 1. The zero-order valence-corrected chi connectivity index (χ0v) is 19.1. The molecule has 1 atom stereocenters. The number of aromatic nitrogens is 1. The molecule has 2 heterocycles. The average molecular weight is 459 g/mol. The molecule has 33 heavy (non-hydrogen) atoms. The molecule has 178 valence electrons. The summed E-state index contributed by atoms with van der Waals surface area (Å²) in [4.78, 5) is 17.9. The standard InChI is InChI=1S/C27H33F3N2O/c28-27(29,30)21-12-6-11-20(18-21)23-15-16-24-26(32-23)22(13-7-17-31-24)25(33)14-5-4-10-19-8-2-1-3-9-19/h6,11-12,15-16,18-19,22,31H,1-5,7-10,13-14,17H2. The average Bonchev–Trinajstić information content (AvgIpc) is 3.04. The minimum atomic E-state index is -4.40. The number of fused-ring (bicyclic) bond motifs is 1. The molecule has 3 nitrogen and oxygen atoms in total. The number of rotatable bonds is 7. The molecule has 0 radical (unpaired) electrons. The summed E-state index contributed by atoms with van der Waals surface area (Å²) >= 11 is 0. The Balaban J connectivity index is 1.47. The van der Waals surface area contributed by atoms with Crippen LogP contribution in [-0.2, 0) is 11.0 Å². The Kier molecular flexibility index (Phi) is 7.71. The number of nitrogens with zero attached hydrogens (tertiary/aromatic N) is 1. The summed E-state index contributed by atoms with van der Waals surface area (Å²) in [5.74, 6) is 0.737. The SMILES string of the molecule is O=C(CCCCC1CCCCC1)C1CCCNc2ccc(-c3cccc(C(F)(F)F)c3)nc21. The van der Waals surface area contributed by atoms with E-state index in [1.54, 1.807) is 12.1 Å². The van der Waals surface area contributed by atoms with E-state index in [4.69, 9.17) is 4.98 Å². The summed E-state index contributed by atoms with van der Waals surface area (Å²) in [5.41, 5.74) is 1.69. The van der Waals surface area contributed by atoms with Crippen molar-refractivity contribution in [3.63, 3.8) is 0 Å². The summed E-state index contributed by atoms with van der Waals surface area (Å²) in [6.45, 7) is 0.767. The van der Waals surface area contributed by atoms with Gasteiger partial charge in [-0.15, -0.1) is 0 Å². The third kappa shape index (κ3) is 6.15. The second kappa shape index (κ2) is 10.7. The van der Waals surface area contributed by atoms with Crippen molar-refractivity contribution in [2.75, 3.05) is 11.9 Å². The third-order valence-corrected chi connectivity index (χ3v) is 7.12. The maximum absolute atomic E-state index is 13.2. The quantitative estimate of drug-likeness (QED) is 0.431. The summed E-state index contributed by atoms with van der Waals surface area (Å²) in [7, 11) is 0. The first-order chi connectivity index (χ1) is 15.9. The number of carbonyl (C=O) groups excluding carboxylic acids is 1. The number of ketones is 1. The number of hydrogen-bond donors (Lipinski definition) is 1. The van der Waals surface area contributed by atoms with Crippen LogP contribution in [0.15, 0.2) is 36.4 Å². The lowest BCUT2D eigenvalue weighted by molar-refractivity contribution is -0.137. The zero-order valence-electron chi connectivity index (χ0n) is 19.1. The van der Waals surface area contributed by atoms with Crippen molar-refractivity contribution in [3.8, 4) is 11.3 Å². The Bertz CT molecular complexity index is 951. The van der Waals surface area contributed by atoms with Crippen LogP contribution < -0.4 is 5.32 Å². The van der Waals surface area contributed by atoms with Gasteiger partial charge in [-0.2, -0.15) is 13.2 Å². The van der Waals surface area contributed by atoms with Crippen LogP contribution in [0.2, 0.25) is 0 Å². The van der Waals surface area contributed by atoms with Crippen molar-refractivity contribution in [1.29, 1.82) is 0 Å². The van der Waals surface area contributed by atoms with Gasteiger partial charge in [-0.3, -0.25) is 4.79 Å². The van der Waals surface area contributed by atoms with E-state index in [9.17, 15) is 18.0 Å². The molecule has 0 spiro atoms. The first kappa shape index (κ1) is 23.8. The van der Waals surface area contributed by atoms with Gasteiger partial charge < -0.3 is 5.32 Å². The fourth-order valence-electron chi connectivity index (χ4n) is 5.27. The molecule has 1 aromatic carbocycles. The molecule has 0 saturated heterocycles. The molecule has 1 N–H and O–H groups in total. The molecule has 1 saturated carbocycles. The lowest BCUT2D eigenvalue weighted by atomic mass is 9.85. The molecule has 2 aromatic rings. The number of halogens is 3. The first-order valence-corrected chi connectivity index (χ1v) is 12.4. The van der Waals surface area contributed by atoms with Crippen molar-refractivity contribution in [1.82, 2.24) is 4.98 Å². The van der Waals surface area contributed by atoms with Crippen molar-refractivity contribution in [3.05, 3.63) is 47.7 Å². The maximum Gasteiger partial charge on any atom is 0.416 e. The molecule has 1 aromatic heterocycles. The van der Waals surface area contributed by atoms with Gasteiger partial charge in [0.05, 0.1) is 28.6 Å². The topological polar surface area (TPSA) is 42.0 Å². The minimum Gasteiger partial charge on any atom is -0.384 e. The van der Waals surface area contributed by atoms with Gasteiger partial charge >= 0.3 is 6.18 Å². The fourth-order valence-corrected chi connectivity index (χ4v) is 5.27. The van der Waals surface area contributed by atoms with Gasteiger partial charge in [0.2, 0.25) is 0 Å². The largest absolute Gasteiger partial charge is 0.416 e. The van der Waals surface area contributed by atoms with Gasteiger partial charge in [0.1, 0.15) is 5.78 Å². The van der Waals surface area contributed by atoms with Gasteiger partial charge in [-0.25, -0.2) is 4.98 Å². The van der Waals surface area contributed by atoms with Crippen LogP contribution >= 0.6 is 0 Å². The summed E-state index contributed by atoms with van der Waals surface area (Å²) in [6.07, 6.45) is 7.65.